The maximum Gasteiger partial charge on any atom is 0.254 e. The van der Waals surface area contributed by atoms with Crippen molar-refractivity contribution in [2.75, 3.05) is 18.1 Å². The van der Waals surface area contributed by atoms with Gasteiger partial charge in [-0.2, -0.15) is 5.26 Å². The molecule has 0 aliphatic carbocycles. The Hall–Kier alpha value is -1.86. The topological polar surface area (TPSA) is 53.3 Å². The summed E-state index contributed by atoms with van der Waals surface area (Å²) in [4.78, 5) is 13.2. The molecule has 1 aromatic carbocycles. The lowest BCUT2D eigenvalue weighted by molar-refractivity contribution is -0.126. The Bertz CT molecular complexity index is 433. The third-order valence-corrected chi connectivity index (χ3v) is 2.54. The Kier molecular flexibility index (Phi) is 2.88. The Morgan fingerprint density at radius 2 is 2.12 bits per heavy atom. The molecule has 1 aliphatic rings. The molecule has 0 radical (unpaired) electrons. The zero-order valence-corrected chi connectivity index (χ0v) is 9.01. The molecular formula is C12H12N2O2. The van der Waals surface area contributed by atoms with Gasteiger partial charge in [-0.1, -0.05) is 17.7 Å². The first-order valence-corrected chi connectivity index (χ1v) is 5.08. The number of benzene rings is 1. The van der Waals surface area contributed by atoms with E-state index in [-0.39, 0.29) is 19.1 Å². The van der Waals surface area contributed by atoms with Gasteiger partial charge in [-0.05, 0) is 19.1 Å². The van der Waals surface area contributed by atoms with Crippen molar-refractivity contribution in [2.45, 2.75) is 13.0 Å². The fourth-order valence-corrected chi connectivity index (χ4v) is 1.70. The molecule has 0 spiro atoms. The van der Waals surface area contributed by atoms with Crippen LogP contribution >= 0.6 is 0 Å². The van der Waals surface area contributed by atoms with Crippen LogP contribution in [-0.4, -0.2) is 25.2 Å². The summed E-state index contributed by atoms with van der Waals surface area (Å²) in [6.07, 6.45) is 0. The number of amides is 1. The van der Waals surface area contributed by atoms with E-state index in [0.29, 0.717) is 0 Å². The fraction of sp³-hybridized carbons (Fsp3) is 0.333. The summed E-state index contributed by atoms with van der Waals surface area (Å²) in [5.74, 6) is -0.165. The number of anilines is 1. The van der Waals surface area contributed by atoms with Crippen molar-refractivity contribution >= 4 is 11.6 Å². The van der Waals surface area contributed by atoms with E-state index >= 15 is 0 Å². The van der Waals surface area contributed by atoms with Crippen LogP contribution in [0.25, 0.3) is 0 Å². The molecule has 1 saturated heterocycles. The van der Waals surface area contributed by atoms with Gasteiger partial charge in [-0.3, -0.25) is 9.69 Å². The Labute approximate surface area is 94.0 Å². The monoisotopic (exact) mass is 216 g/mol. The molecule has 1 heterocycles. The average Bonchev–Trinajstić information content (AvgIpc) is 2.30. The minimum atomic E-state index is -0.524. The van der Waals surface area contributed by atoms with Crippen molar-refractivity contribution < 1.29 is 9.53 Å². The standard InChI is InChI=1S/C12H12N2O2/c1-9-2-4-10(5-3-9)14-11(6-13)7-16-8-12(14)15/h2-5,11H,7-8H2,1H3. The summed E-state index contributed by atoms with van der Waals surface area (Å²) >= 11 is 0. The molecule has 0 bridgehead atoms. The van der Waals surface area contributed by atoms with Crippen LogP contribution in [0.5, 0.6) is 0 Å². The minimum absolute atomic E-state index is 0.0477. The molecule has 1 aromatic rings. The zero-order valence-electron chi connectivity index (χ0n) is 9.01. The summed E-state index contributed by atoms with van der Waals surface area (Å²) in [6, 6.07) is 9.10. The maximum absolute atomic E-state index is 11.7. The number of hydrogen-bond acceptors (Lipinski definition) is 3. The molecule has 1 aliphatic heterocycles. The van der Waals surface area contributed by atoms with Crippen molar-refractivity contribution in [2.24, 2.45) is 0 Å². The fourth-order valence-electron chi connectivity index (χ4n) is 1.70. The van der Waals surface area contributed by atoms with E-state index in [2.05, 4.69) is 6.07 Å². The normalized spacial score (nSPS) is 20.6. The van der Waals surface area contributed by atoms with E-state index in [0.717, 1.165) is 11.3 Å². The van der Waals surface area contributed by atoms with Crippen LogP contribution < -0.4 is 4.90 Å². The molecule has 2 rings (SSSR count). The third-order valence-electron chi connectivity index (χ3n) is 2.54. The first-order valence-electron chi connectivity index (χ1n) is 5.08. The Morgan fingerprint density at radius 1 is 1.44 bits per heavy atom. The maximum atomic E-state index is 11.7. The number of morpholine rings is 1. The van der Waals surface area contributed by atoms with Gasteiger partial charge in [0.05, 0.1) is 12.7 Å². The van der Waals surface area contributed by atoms with Gasteiger partial charge >= 0.3 is 0 Å². The van der Waals surface area contributed by atoms with Crippen molar-refractivity contribution in [3.63, 3.8) is 0 Å². The lowest BCUT2D eigenvalue weighted by Gasteiger charge is -2.31. The molecule has 0 saturated carbocycles. The number of ether oxygens (including phenoxy) is 1. The first kappa shape index (κ1) is 10.7. The highest BCUT2D eigenvalue weighted by Crippen LogP contribution is 2.20. The van der Waals surface area contributed by atoms with Gasteiger partial charge in [-0.25, -0.2) is 0 Å². The predicted molar refractivity (Wildman–Crippen MR) is 58.9 cm³/mol. The number of carbonyl (C=O) groups excluding carboxylic acids is 1. The van der Waals surface area contributed by atoms with Crippen LogP contribution in [0.4, 0.5) is 5.69 Å². The van der Waals surface area contributed by atoms with Crippen molar-refractivity contribution in [3.8, 4) is 6.07 Å². The summed E-state index contributed by atoms with van der Waals surface area (Å²) in [5, 5.41) is 8.97. The van der Waals surface area contributed by atoms with Crippen molar-refractivity contribution in [1.29, 1.82) is 5.26 Å². The SMILES string of the molecule is Cc1ccc(N2C(=O)COCC2C#N)cc1. The molecule has 4 nitrogen and oxygen atoms in total. The third kappa shape index (κ3) is 1.90. The zero-order chi connectivity index (χ0) is 11.5. The molecule has 1 atom stereocenters. The van der Waals surface area contributed by atoms with Crippen LogP contribution in [0.1, 0.15) is 5.56 Å². The Balaban J connectivity index is 2.32. The van der Waals surface area contributed by atoms with Crippen LogP contribution in [0, 0.1) is 18.3 Å². The highest BCUT2D eigenvalue weighted by Gasteiger charge is 2.29. The molecular weight excluding hydrogens is 204 g/mol. The predicted octanol–water partition coefficient (Wildman–Crippen LogP) is 1.25. The van der Waals surface area contributed by atoms with E-state index in [1.54, 1.807) is 0 Å². The molecule has 0 aromatic heterocycles. The summed E-state index contributed by atoms with van der Waals surface area (Å²) in [7, 11) is 0. The van der Waals surface area contributed by atoms with Crippen LogP contribution in [0.15, 0.2) is 24.3 Å². The van der Waals surface area contributed by atoms with Gasteiger partial charge in [0, 0.05) is 5.69 Å². The van der Waals surface area contributed by atoms with E-state index in [1.807, 2.05) is 31.2 Å². The molecule has 1 amide bonds. The Morgan fingerprint density at radius 3 is 2.75 bits per heavy atom. The second-order valence-corrected chi connectivity index (χ2v) is 3.76. The molecule has 1 fully saturated rings. The summed E-state index contributed by atoms with van der Waals surface area (Å²) in [6.45, 7) is 2.30. The number of nitrogens with zero attached hydrogens (tertiary/aromatic N) is 2. The number of carbonyl (C=O) groups is 1. The van der Waals surface area contributed by atoms with Crippen LogP contribution in [0.3, 0.4) is 0 Å². The minimum Gasteiger partial charge on any atom is -0.368 e. The number of aryl methyl sites for hydroxylation is 1. The summed E-state index contributed by atoms with van der Waals surface area (Å²) in [5.41, 5.74) is 1.88. The van der Waals surface area contributed by atoms with E-state index < -0.39 is 6.04 Å². The van der Waals surface area contributed by atoms with Gasteiger partial charge < -0.3 is 4.74 Å². The van der Waals surface area contributed by atoms with Crippen molar-refractivity contribution in [1.82, 2.24) is 0 Å². The second kappa shape index (κ2) is 4.33. The molecule has 16 heavy (non-hydrogen) atoms. The average molecular weight is 216 g/mol. The number of hydrogen-bond donors (Lipinski definition) is 0. The van der Waals surface area contributed by atoms with E-state index in [4.69, 9.17) is 10.00 Å². The summed E-state index contributed by atoms with van der Waals surface area (Å²) < 4.78 is 5.05. The van der Waals surface area contributed by atoms with Crippen LogP contribution in [-0.2, 0) is 9.53 Å². The molecule has 1 unspecified atom stereocenters. The van der Waals surface area contributed by atoms with Gasteiger partial charge in [0.15, 0.2) is 0 Å². The van der Waals surface area contributed by atoms with Gasteiger partial charge in [-0.15, -0.1) is 0 Å². The largest absolute Gasteiger partial charge is 0.368 e. The van der Waals surface area contributed by atoms with Gasteiger partial charge in [0.2, 0.25) is 0 Å². The lowest BCUT2D eigenvalue weighted by atomic mass is 10.1. The lowest BCUT2D eigenvalue weighted by Crippen LogP contribution is -2.49. The quantitative estimate of drug-likeness (QED) is 0.710. The van der Waals surface area contributed by atoms with Crippen LogP contribution in [0.2, 0.25) is 0 Å². The highest BCUT2D eigenvalue weighted by molar-refractivity contribution is 5.96. The van der Waals surface area contributed by atoms with Gasteiger partial charge in [0.25, 0.3) is 5.91 Å². The van der Waals surface area contributed by atoms with Crippen molar-refractivity contribution in [3.05, 3.63) is 29.8 Å². The molecule has 82 valence electrons. The second-order valence-electron chi connectivity index (χ2n) is 3.76. The first-order chi connectivity index (χ1) is 7.72. The number of rotatable bonds is 1. The van der Waals surface area contributed by atoms with Gasteiger partial charge in [0.1, 0.15) is 12.6 Å². The highest BCUT2D eigenvalue weighted by atomic mass is 16.5. The molecule has 4 heteroatoms. The molecule has 0 N–H and O–H groups in total. The smallest absolute Gasteiger partial charge is 0.254 e. The van der Waals surface area contributed by atoms with E-state index in [1.165, 1.54) is 4.90 Å². The van der Waals surface area contributed by atoms with E-state index in [9.17, 15) is 4.79 Å². The number of nitriles is 1.